The summed E-state index contributed by atoms with van der Waals surface area (Å²) in [6.45, 7) is 1.22. The number of carbonyl (C=O) groups is 3. The Balaban J connectivity index is 1.34. The van der Waals surface area contributed by atoms with E-state index in [-0.39, 0.29) is 11.8 Å². The molecule has 5 rings (SSSR count). The van der Waals surface area contributed by atoms with Crippen molar-refractivity contribution in [3.63, 3.8) is 0 Å². The van der Waals surface area contributed by atoms with Crippen molar-refractivity contribution in [3.8, 4) is 0 Å². The topological polar surface area (TPSA) is 69.7 Å². The van der Waals surface area contributed by atoms with Gasteiger partial charge < -0.3 is 15.1 Å². The molecule has 0 radical (unpaired) electrons. The van der Waals surface area contributed by atoms with Gasteiger partial charge in [0.2, 0.25) is 5.91 Å². The Bertz CT molecular complexity index is 1010. The lowest BCUT2D eigenvalue weighted by Crippen LogP contribution is -2.39. The van der Waals surface area contributed by atoms with Crippen LogP contribution in [0, 0.1) is 5.92 Å². The number of carbonyl (C=O) groups excluding carboxylic acids is 3. The quantitative estimate of drug-likeness (QED) is 0.803. The predicted octanol–water partition coefficient (Wildman–Crippen LogP) is 2.90. The maximum atomic E-state index is 12.7. The number of hydrogen-bond donors (Lipinski definition) is 1. The van der Waals surface area contributed by atoms with Crippen LogP contribution in [0.2, 0.25) is 0 Å². The first-order chi connectivity index (χ1) is 14.1. The molecular weight excluding hydrogens is 366 g/mol. The van der Waals surface area contributed by atoms with E-state index in [1.165, 1.54) is 4.90 Å². The normalized spacial score (nSPS) is 17.5. The molecule has 148 valence electrons. The summed E-state index contributed by atoms with van der Waals surface area (Å²) in [6.07, 6.45) is 4.55. The molecule has 1 fully saturated rings. The number of hydrogen-bond acceptors (Lipinski definition) is 3. The van der Waals surface area contributed by atoms with Crippen molar-refractivity contribution >= 4 is 34.8 Å². The summed E-state index contributed by atoms with van der Waals surface area (Å²) in [7, 11) is 0. The number of nitrogens with one attached hydrogen (secondary N) is 1. The number of para-hydroxylation sites is 1. The van der Waals surface area contributed by atoms with Crippen molar-refractivity contribution in [1.29, 1.82) is 0 Å². The van der Waals surface area contributed by atoms with Crippen LogP contribution in [0.5, 0.6) is 0 Å². The van der Waals surface area contributed by atoms with Crippen LogP contribution < -0.4 is 15.1 Å². The molecule has 0 spiro atoms. The lowest BCUT2D eigenvalue weighted by atomic mass is 10.0. The monoisotopic (exact) mass is 389 g/mol. The molecule has 0 aromatic heterocycles. The van der Waals surface area contributed by atoms with Crippen LogP contribution in [-0.4, -0.2) is 30.8 Å². The van der Waals surface area contributed by atoms with E-state index in [1.807, 2.05) is 47.4 Å². The minimum Gasteiger partial charge on any atom is -0.318 e. The molecule has 6 heteroatoms. The van der Waals surface area contributed by atoms with E-state index in [2.05, 4.69) is 5.32 Å². The Morgan fingerprint density at radius 2 is 1.66 bits per heavy atom. The number of benzene rings is 2. The zero-order valence-corrected chi connectivity index (χ0v) is 16.2. The number of fused-ring (bicyclic) bond motifs is 2. The van der Waals surface area contributed by atoms with E-state index in [4.69, 9.17) is 0 Å². The maximum absolute atomic E-state index is 12.7. The van der Waals surface area contributed by atoms with E-state index in [0.717, 1.165) is 54.6 Å². The molecule has 2 aliphatic heterocycles. The van der Waals surface area contributed by atoms with Gasteiger partial charge in [0, 0.05) is 36.1 Å². The molecule has 0 unspecified atom stereocenters. The van der Waals surface area contributed by atoms with Crippen LogP contribution in [0.1, 0.15) is 30.4 Å². The van der Waals surface area contributed by atoms with E-state index in [1.54, 1.807) is 0 Å². The molecule has 2 heterocycles. The Hall–Kier alpha value is -3.15. The van der Waals surface area contributed by atoms with Crippen LogP contribution in [0.15, 0.2) is 42.5 Å². The molecule has 0 bridgehead atoms. The molecule has 29 heavy (non-hydrogen) atoms. The number of nitrogens with zero attached hydrogens (tertiary/aromatic N) is 2. The van der Waals surface area contributed by atoms with Gasteiger partial charge >= 0.3 is 11.8 Å². The van der Waals surface area contributed by atoms with E-state index in [9.17, 15) is 14.4 Å². The van der Waals surface area contributed by atoms with Crippen molar-refractivity contribution in [2.45, 2.75) is 32.1 Å². The molecule has 0 atom stereocenters. The Labute approximate surface area is 169 Å². The second kappa shape index (κ2) is 7.03. The van der Waals surface area contributed by atoms with Crippen molar-refractivity contribution in [2.24, 2.45) is 5.92 Å². The lowest BCUT2D eigenvalue weighted by molar-refractivity contribution is -0.134. The van der Waals surface area contributed by atoms with Crippen molar-refractivity contribution in [2.75, 3.05) is 28.2 Å². The summed E-state index contributed by atoms with van der Waals surface area (Å²) in [6, 6.07) is 13.3. The molecule has 2 aromatic rings. The molecule has 1 saturated carbocycles. The third kappa shape index (κ3) is 3.28. The van der Waals surface area contributed by atoms with Gasteiger partial charge in [0.05, 0.1) is 0 Å². The van der Waals surface area contributed by atoms with Crippen molar-refractivity contribution < 1.29 is 14.4 Å². The van der Waals surface area contributed by atoms with Gasteiger partial charge in [-0.3, -0.25) is 14.4 Å². The fourth-order valence-electron chi connectivity index (χ4n) is 4.29. The highest BCUT2D eigenvalue weighted by Crippen LogP contribution is 2.37. The number of rotatable bonds is 2. The van der Waals surface area contributed by atoms with E-state index < -0.39 is 11.8 Å². The lowest BCUT2D eigenvalue weighted by Gasteiger charge is -2.30. The second-order valence-corrected chi connectivity index (χ2v) is 8.00. The molecule has 2 aromatic carbocycles. The predicted molar refractivity (Wildman–Crippen MR) is 111 cm³/mol. The number of anilines is 3. The van der Waals surface area contributed by atoms with E-state index in [0.29, 0.717) is 18.8 Å². The molecule has 0 saturated heterocycles. The molecule has 1 aliphatic carbocycles. The van der Waals surface area contributed by atoms with Crippen LogP contribution >= 0.6 is 0 Å². The van der Waals surface area contributed by atoms with Gasteiger partial charge in [-0.2, -0.15) is 0 Å². The largest absolute Gasteiger partial charge is 0.318 e. The Morgan fingerprint density at radius 1 is 0.862 bits per heavy atom. The van der Waals surface area contributed by atoms with Crippen molar-refractivity contribution in [1.82, 2.24) is 0 Å². The minimum absolute atomic E-state index is 0.149. The second-order valence-electron chi connectivity index (χ2n) is 8.00. The van der Waals surface area contributed by atoms with Gasteiger partial charge in [0.25, 0.3) is 0 Å². The third-order valence-electron chi connectivity index (χ3n) is 5.98. The minimum atomic E-state index is -0.655. The number of aryl methyl sites for hydroxylation is 1. The summed E-state index contributed by atoms with van der Waals surface area (Å²) >= 11 is 0. The highest BCUT2D eigenvalue weighted by atomic mass is 16.2. The van der Waals surface area contributed by atoms with Crippen molar-refractivity contribution in [3.05, 3.63) is 53.6 Å². The van der Waals surface area contributed by atoms with Gasteiger partial charge in [0.1, 0.15) is 0 Å². The standard InChI is InChI=1S/C23H23N3O3/c27-21(23(29)26-13-11-16-4-1-2-6-19(16)26)24-18-10-9-15-5-3-12-25(20(15)14-18)22(28)17-7-8-17/h1-2,4,6,9-10,14,17H,3,5,7-8,11-13H2,(H,24,27). The van der Waals surface area contributed by atoms with Gasteiger partial charge in [-0.25, -0.2) is 0 Å². The molecule has 3 aliphatic rings. The van der Waals surface area contributed by atoms with Crippen LogP contribution in [0.3, 0.4) is 0 Å². The Kier molecular flexibility index (Phi) is 4.34. The van der Waals surface area contributed by atoms with Crippen LogP contribution in [0.4, 0.5) is 17.1 Å². The zero-order chi connectivity index (χ0) is 20.0. The Morgan fingerprint density at radius 3 is 2.48 bits per heavy atom. The van der Waals surface area contributed by atoms with Gasteiger partial charge in [-0.15, -0.1) is 0 Å². The van der Waals surface area contributed by atoms with E-state index >= 15 is 0 Å². The maximum Gasteiger partial charge on any atom is 0.316 e. The highest BCUT2D eigenvalue weighted by Gasteiger charge is 2.36. The first kappa shape index (κ1) is 17.9. The molecule has 1 N–H and O–H groups in total. The summed E-state index contributed by atoms with van der Waals surface area (Å²) in [4.78, 5) is 41.4. The SMILES string of the molecule is O=C(Nc1ccc2c(c1)N(C(=O)C1CC1)CCC2)C(=O)N1CCc2ccccc21. The van der Waals surface area contributed by atoms with Gasteiger partial charge in [0.15, 0.2) is 0 Å². The summed E-state index contributed by atoms with van der Waals surface area (Å²) in [5.74, 6) is -0.883. The first-order valence-corrected chi connectivity index (χ1v) is 10.3. The average molecular weight is 389 g/mol. The fourth-order valence-corrected chi connectivity index (χ4v) is 4.29. The van der Waals surface area contributed by atoms with Gasteiger partial charge in [-0.1, -0.05) is 24.3 Å². The fraction of sp³-hybridized carbons (Fsp3) is 0.348. The van der Waals surface area contributed by atoms with Crippen LogP contribution in [-0.2, 0) is 27.2 Å². The highest BCUT2D eigenvalue weighted by molar-refractivity contribution is 6.44. The zero-order valence-electron chi connectivity index (χ0n) is 16.2. The van der Waals surface area contributed by atoms with Crippen LogP contribution in [0.25, 0.3) is 0 Å². The third-order valence-corrected chi connectivity index (χ3v) is 5.98. The summed E-state index contributed by atoms with van der Waals surface area (Å²) in [5.41, 5.74) is 4.41. The summed E-state index contributed by atoms with van der Waals surface area (Å²) in [5, 5.41) is 2.74. The smallest absolute Gasteiger partial charge is 0.316 e. The first-order valence-electron chi connectivity index (χ1n) is 10.3. The summed E-state index contributed by atoms with van der Waals surface area (Å²) < 4.78 is 0. The average Bonchev–Trinajstić information content (AvgIpc) is 3.51. The molecule has 3 amide bonds. The van der Waals surface area contributed by atoms with Gasteiger partial charge in [-0.05, 0) is 61.4 Å². The number of amides is 3. The molecule has 6 nitrogen and oxygen atoms in total. The molecular formula is C23H23N3O3.